The zero-order valence-corrected chi connectivity index (χ0v) is 19.8. The average Bonchev–Trinajstić information content (AvgIpc) is 3.51. The molecular formula is C24H26F2N4O5. The average molecular weight is 488 g/mol. The summed E-state index contributed by atoms with van der Waals surface area (Å²) in [6.45, 7) is 3.42. The molecule has 186 valence electrons. The van der Waals surface area contributed by atoms with Crippen LogP contribution in [0.15, 0.2) is 29.2 Å². The molecule has 2 N–H and O–H groups in total. The van der Waals surface area contributed by atoms with E-state index in [-0.39, 0.29) is 36.3 Å². The third-order valence-corrected chi connectivity index (χ3v) is 6.68. The second-order valence-electron chi connectivity index (χ2n) is 9.48. The predicted octanol–water partition coefficient (Wildman–Crippen LogP) is 1.43. The van der Waals surface area contributed by atoms with Gasteiger partial charge in [0.05, 0.1) is 11.5 Å². The molecule has 1 aliphatic heterocycles. The number of pyridine rings is 1. The Balaban J connectivity index is 1.75. The van der Waals surface area contributed by atoms with Crippen LogP contribution in [0.1, 0.15) is 46.7 Å². The van der Waals surface area contributed by atoms with Gasteiger partial charge in [-0.3, -0.25) is 19.2 Å². The van der Waals surface area contributed by atoms with Crippen LogP contribution < -0.4 is 10.7 Å². The van der Waals surface area contributed by atoms with E-state index in [0.29, 0.717) is 12.5 Å². The van der Waals surface area contributed by atoms with Crippen molar-refractivity contribution >= 4 is 17.7 Å². The number of carbonyl (C=O) groups is 3. The molecule has 1 saturated carbocycles. The minimum absolute atomic E-state index is 0.0000869. The zero-order chi connectivity index (χ0) is 25.8. The lowest BCUT2D eigenvalue weighted by Crippen LogP contribution is -2.53. The number of benzene rings is 1. The minimum atomic E-state index is -1.06. The molecule has 0 saturated heterocycles. The standard InChI is InChI=1S/C24H26F2N4O5/c1-12(2)29-11-24(8-16(24)22(34)28(3)4)30-10-15(19(31)20(32)18(30)23(29)35)21(33)27-9-13-5-6-14(25)7-17(13)26/h5-7,10,12,16,32H,8-9,11H2,1-4H3,(H,27,33)/t16-,24-/m1/s1. The third kappa shape index (κ3) is 3.94. The lowest BCUT2D eigenvalue weighted by Gasteiger charge is -2.39. The lowest BCUT2D eigenvalue weighted by molar-refractivity contribution is -0.131. The summed E-state index contributed by atoms with van der Waals surface area (Å²) in [5, 5.41) is 13.1. The number of rotatable bonds is 5. The Labute approximate surface area is 199 Å². The largest absolute Gasteiger partial charge is 0.503 e. The molecular weight excluding hydrogens is 462 g/mol. The molecule has 3 amide bonds. The van der Waals surface area contributed by atoms with Crippen LogP contribution in [0.2, 0.25) is 0 Å². The summed E-state index contributed by atoms with van der Waals surface area (Å²) in [6, 6.07) is 2.62. The van der Waals surface area contributed by atoms with Crippen LogP contribution in [-0.2, 0) is 16.9 Å². The fourth-order valence-corrected chi connectivity index (χ4v) is 4.61. The Bertz CT molecular complexity index is 1310. The molecule has 1 aromatic carbocycles. The van der Waals surface area contributed by atoms with Gasteiger partial charge in [0.25, 0.3) is 11.8 Å². The number of nitrogens with zero attached hydrogens (tertiary/aromatic N) is 3. The summed E-state index contributed by atoms with van der Waals surface area (Å²) < 4.78 is 28.5. The third-order valence-electron chi connectivity index (χ3n) is 6.68. The number of carbonyl (C=O) groups excluding carboxylic acids is 3. The first-order valence-electron chi connectivity index (χ1n) is 11.1. The molecule has 1 fully saturated rings. The number of aromatic nitrogens is 1. The Morgan fingerprint density at radius 3 is 2.54 bits per heavy atom. The van der Waals surface area contributed by atoms with Gasteiger partial charge in [-0.05, 0) is 26.3 Å². The van der Waals surface area contributed by atoms with Crippen molar-refractivity contribution in [3.63, 3.8) is 0 Å². The number of nitrogens with one attached hydrogen (secondary N) is 1. The van der Waals surface area contributed by atoms with Gasteiger partial charge < -0.3 is 24.8 Å². The SMILES string of the molecule is CC(C)N1C[C@@]2(C[C@@H]2C(=O)N(C)C)n2cc(C(=O)NCc3ccc(F)cc3F)c(=O)c(O)c2C1=O. The summed E-state index contributed by atoms with van der Waals surface area (Å²) in [5.74, 6) is -4.70. The molecule has 0 bridgehead atoms. The van der Waals surface area contributed by atoms with Gasteiger partial charge in [-0.25, -0.2) is 8.78 Å². The van der Waals surface area contributed by atoms with Crippen molar-refractivity contribution in [2.75, 3.05) is 20.6 Å². The van der Waals surface area contributed by atoms with Crippen molar-refractivity contribution in [3.05, 3.63) is 63.1 Å². The van der Waals surface area contributed by atoms with Crippen LogP contribution in [0.5, 0.6) is 5.75 Å². The van der Waals surface area contributed by atoms with Crippen LogP contribution >= 0.6 is 0 Å². The molecule has 9 nitrogen and oxygen atoms in total. The van der Waals surface area contributed by atoms with E-state index in [1.807, 2.05) is 0 Å². The van der Waals surface area contributed by atoms with Gasteiger partial charge in [0.15, 0.2) is 11.4 Å². The Hall–Kier alpha value is -3.76. The highest BCUT2D eigenvalue weighted by atomic mass is 19.1. The smallest absolute Gasteiger partial charge is 0.274 e. The summed E-state index contributed by atoms with van der Waals surface area (Å²) in [7, 11) is 3.22. The van der Waals surface area contributed by atoms with Crippen LogP contribution in [0, 0.1) is 17.6 Å². The highest BCUT2D eigenvalue weighted by Gasteiger charge is 2.64. The highest BCUT2D eigenvalue weighted by Crippen LogP contribution is 2.55. The normalized spacial score (nSPS) is 20.7. The van der Waals surface area contributed by atoms with Crippen LogP contribution in [0.3, 0.4) is 0 Å². The first-order valence-corrected chi connectivity index (χ1v) is 11.1. The quantitative estimate of drug-likeness (QED) is 0.662. The molecule has 1 aliphatic carbocycles. The first kappa shape index (κ1) is 24.4. The minimum Gasteiger partial charge on any atom is -0.503 e. The van der Waals surface area contributed by atoms with Gasteiger partial charge in [-0.15, -0.1) is 0 Å². The summed E-state index contributed by atoms with van der Waals surface area (Å²) >= 11 is 0. The number of aromatic hydroxyl groups is 1. The highest BCUT2D eigenvalue weighted by molar-refractivity contribution is 6.00. The monoisotopic (exact) mass is 488 g/mol. The van der Waals surface area contributed by atoms with Crippen LogP contribution in [0.25, 0.3) is 0 Å². The number of hydrogen-bond acceptors (Lipinski definition) is 5. The maximum Gasteiger partial charge on any atom is 0.274 e. The van der Waals surface area contributed by atoms with E-state index in [0.717, 1.165) is 12.1 Å². The fourth-order valence-electron chi connectivity index (χ4n) is 4.61. The van der Waals surface area contributed by atoms with Crippen molar-refractivity contribution < 1.29 is 28.3 Å². The first-order chi connectivity index (χ1) is 16.4. The number of amides is 3. The molecule has 11 heteroatoms. The van der Waals surface area contributed by atoms with E-state index in [9.17, 15) is 33.1 Å². The zero-order valence-electron chi connectivity index (χ0n) is 19.8. The maximum absolute atomic E-state index is 13.9. The van der Waals surface area contributed by atoms with Crippen LogP contribution in [-0.4, -0.2) is 63.9 Å². The van der Waals surface area contributed by atoms with Gasteiger partial charge in [-0.1, -0.05) is 6.07 Å². The number of hydrogen-bond donors (Lipinski definition) is 2. The Morgan fingerprint density at radius 2 is 1.94 bits per heavy atom. The molecule has 4 rings (SSSR count). The van der Waals surface area contributed by atoms with E-state index in [2.05, 4.69) is 5.32 Å². The van der Waals surface area contributed by atoms with E-state index in [1.165, 1.54) is 20.6 Å². The summed E-state index contributed by atoms with van der Waals surface area (Å²) in [6.07, 6.45) is 1.55. The molecule has 2 aliphatic rings. The van der Waals surface area contributed by atoms with E-state index >= 15 is 0 Å². The molecule has 2 atom stereocenters. The van der Waals surface area contributed by atoms with Gasteiger partial charge in [0.2, 0.25) is 11.3 Å². The van der Waals surface area contributed by atoms with Crippen molar-refractivity contribution in [3.8, 4) is 5.75 Å². The second-order valence-corrected chi connectivity index (χ2v) is 9.48. The Morgan fingerprint density at radius 1 is 1.26 bits per heavy atom. The van der Waals surface area contributed by atoms with Crippen molar-refractivity contribution in [1.82, 2.24) is 19.7 Å². The van der Waals surface area contributed by atoms with Gasteiger partial charge in [-0.2, -0.15) is 0 Å². The Kier molecular flexibility index (Phi) is 5.90. The van der Waals surface area contributed by atoms with Gasteiger partial charge >= 0.3 is 0 Å². The lowest BCUT2D eigenvalue weighted by atomic mass is 10.0. The topological polar surface area (TPSA) is 112 Å². The van der Waals surface area contributed by atoms with Crippen LogP contribution in [0.4, 0.5) is 8.78 Å². The van der Waals surface area contributed by atoms with E-state index in [4.69, 9.17) is 0 Å². The van der Waals surface area contributed by atoms with Gasteiger partial charge in [0, 0.05) is 51.1 Å². The molecule has 1 aromatic heterocycles. The summed E-state index contributed by atoms with van der Waals surface area (Å²) in [4.78, 5) is 54.6. The molecule has 2 aromatic rings. The number of fused-ring (bicyclic) bond motifs is 2. The molecule has 35 heavy (non-hydrogen) atoms. The molecule has 1 spiro atoms. The molecule has 0 unspecified atom stereocenters. The van der Waals surface area contributed by atoms with Crippen molar-refractivity contribution in [2.45, 2.75) is 38.4 Å². The van der Waals surface area contributed by atoms with Gasteiger partial charge in [0.1, 0.15) is 17.2 Å². The maximum atomic E-state index is 13.9. The predicted molar refractivity (Wildman–Crippen MR) is 121 cm³/mol. The molecule has 0 radical (unpaired) electrons. The van der Waals surface area contributed by atoms with E-state index in [1.54, 1.807) is 27.9 Å². The van der Waals surface area contributed by atoms with Crippen molar-refractivity contribution in [1.29, 1.82) is 0 Å². The number of halogens is 2. The summed E-state index contributed by atoms with van der Waals surface area (Å²) in [5.41, 5.74) is -2.70. The van der Waals surface area contributed by atoms with Crippen molar-refractivity contribution in [2.24, 2.45) is 5.92 Å². The second kappa shape index (κ2) is 8.47. The van der Waals surface area contributed by atoms with E-state index < -0.39 is 51.6 Å². The fraction of sp³-hybridized carbons (Fsp3) is 0.417. The molecule has 2 heterocycles.